The van der Waals surface area contributed by atoms with Crippen LogP contribution in [-0.2, 0) is 6.42 Å². The van der Waals surface area contributed by atoms with Crippen LogP contribution in [0.4, 0.5) is 0 Å². The van der Waals surface area contributed by atoms with Gasteiger partial charge in [0.15, 0.2) is 5.78 Å². The molecule has 4 nitrogen and oxygen atoms in total. The predicted molar refractivity (Wildman–Crippen MR) is 80.8 cm³/mol. The second-order valence-electron chi connectivity index (χ2n) is 5.87. The molecule has 0 aromatic carbocycles. The van der Waals surface area contributed by atoms with Crippen molar-refractivity contribution >= 4 is 5.78 Å². The van der Waals surface area contributed by atoms with E-state index in [1.54, 1.807) is 0 Å². The lowest BCUT2D eigenvalue weighted by molar-refractivity contribution is 0.0971. The van der Waals surface area contributed by atoms with Crippen molar-refractivity contribution in [2.24, 2.45) is 0 Å². The fraction of sp³-hybridized carbons (Fsp3) is 0.647. The molecule has 1 aromatic rings. The van der Waals surface area contributed by atoms with Gasteiger partial charge in [0.1, 0.15) is 17.1 Å². The number of aryl methyl sites for hydroxylation is 1. The van der Waals surface area contributed by atoms with Crippen molar-refractivity contribution in [3.05, 3.63) is 27.8 Å². The molecule has 1 aliphatic carbocycles. The predicted octanol–water partition coefficient (Wildman–Crippen LogP) is 3.99. The van der Waals surface area contributed by atoms with Crippen LogP contribution in [-0.4, -0.2) is 10.9 Å². The highest BCUT2D eigenvalue weighted by Gasteiger charge is 2.18. The van der Waals surface area contributed by atoms with E-state index in [0.29, 0.717) is 18.6 Å². The Hall–Kier alpha value is -1.58. The average Bonchev–Trinajstić information content (AvgIpc) is 2.43. The quantitative estimate of drug-likeness (QED) is 0.785. The minimum atomic E-state index is -0.693. The Morgan fingerprint density at radius 1 is 0.810 bits per heavy atom. The summed E-state index contributed by atoms with van der Waals surface area (Å²) in [7, 11) is 0. The Morgan fingerprint density at radius 2 is 1.33 bits per heavy atom. The van der Waals surface area contributed by atoms with Gasteiger partial charge in [-0.25, -0.2) is 4.79 Å². The Balaban J connectivity index is 2.14. The first-order chi connectivity index (χ1) is 10.2. The first kappa shape index (κ1) is 15.8. The first-order valence-electron chi connectivity index (χ1n) is 8.07. The number of carbonyl (C=O) groups is 1. The van der Waals surface area contributed by atoms with Gasteiger partial charge >= 0.3 is 5.63 Å². The molecule has 0 atom stereocenters. The van der Waals surface area contributed by atoms with Gasteiger partial charge in [-0.05, 0) is 12.8 Å². The molecule has 2 bridgehead atoms. The van der Waals surface area contributed by atoms with Gasteiger partial charge in [-0.3, -0.25) is 4.79 Å². The maximum absolute atomic E-state index is 12.0. The molecule has 0 fully saturated rings. The molecule has 3 rings (SSSR count). The van der Waals surface area contributed by atoms with Crippen molar-refractivity contribution < 1.29 is 14.3 Å². The number of Topliss-reactive ketones (excluding diaryl/α,β-unsaturated/α-hetero) is 1. The molecule has 0 radical (unpaired) electrons. The molecule has 0 saturated heterocycles. The number of hydrogen-bond donors (Lipinski definition) is 1. The molecule has 0 spiro atoms. The van der Waals surface area contributed by atoms with Crippen molar-refractivity contribution in [3.63, 3.8) is 0 Å². The van der Waals surface area contributed by atoms with Crippen LogP contribution in [0.15, 0.2) is 15.3 Å². The molecule has 0 saturated carbocycles. The van der Waals surface area contributed by atoms with E-state index in [1.807, 2.05) is 0 Å². The summed E-state index contributed by atoms with van der Waals surface area (Å²) in [6.07, 6.45) is 10.8. The third kappa shape index (κ3) is 4.73. The van der Waals surface area contributed by atoms with E-state index in [2.05, 4.69) is 0 Å². The summed E-state index contributed by atoms with van der Waals surface area (Å²) in [5, 5.41) is 9.93. The lowest BCUT2D eigenvalue weighted by Gasteiger charge is -2.07. The lowest BCUT2D eigenvalue weighted by atomic mass is 10.0. The van der Waals surface area contributed by atoms with Crippen LogP contribution in [0, 0.1) is 0 Å². The summed E-state index contributed by atoms with van der Waals surface area (Å²) >= 11 is 0. The second kappa shape index (κ2) is 8.01. The molecule has 0 unspecified atom stereocenters. The standard InChI is InChI=1S/C17H24O4/c18-14-11-9-7-5-3-1-2-4-6-8-10-13-12-15(19)16(14)17(20)21-13/h12,19H,1-11H2. The van der Waals surface area contributed by atoms with Gasteiger partial charge in [0.25, 0.3) is 0 Å². The van der Waals surface area contributed by atoms with Crippen LogP contribution >= 0.6 is 0 Å². The van der Waals surface area contributed by atoms with Crippen LogP contribution in [0.5, 0.6) is 5.75 Å². The topological polar surface area (TPSA) is 67.5 Å². The van der Waals surface area contributed by atoms with Crippen molar-refractivity contribution in [2.75, 3.05) is 0 Å². The summed E-state index contributed by atoms with van der Waals surface area (Å²) in [6.45, 7) is 0. The summed E-state index contributed by atoms with van der Waals surface area (Å²) in [5.74, 6) is -0.0561. The molecular weight excluding hydrogens is 268 g/mol. The first-order valence-corrected chi connectivity index (χ1v) is 8.07. The number of hydrogen-bond acceptors (Lipinski definition) is 4. The molecule has 21 heavy (non-hydrogen) atoms. The van der Waals surface area contributed by atoms with Crippen LogP contribution in [0.2, 0.25) is 0 Å². The summed E-state index contributed by atoms with van der Waals surface area (Å²) in [6, 6.07) is 1.43. The van der Waals surface area contributed by atoms with E-state index in [0.717, 1.165) is 32.1 Å². The maximum Gasteiger partial charge on any atom is 0.350 e. The lowest BCUT2D eigenvalue weighted by Crippen LogP contribution is -2.15. The molecular formula is C17H24O4. The van der Waals surface area contributed by atoms with Gasteiger partial charge in [-0.2, -0.15) is 0 Å². The number of rotatable bonds is 0. The highest BCUT2D eigenvalue weighted by molar-refractivity contribution is 5.97. The summed E-state index contributed by atoms with van der Waals surface area (Å²) in [5.41, 5.74) is -0.868. The van der Waals surface area contributed by atoms with E-state index in [1.165, 1.54) is 31.7 Å². The highest BCUT2D eigenvalue weighted by atomic mass is 16.4. The van der Waals surface area contributed by atoms with Crippen LogP contribution in [0.3, 0.4) is 0 Å². The highest BCUT2D eigenvalue weighted by Crippen LogP contribution is 2.20. The van der Waals surface area contributed by atoms with E-state index in [-0.39, 0.29) is 17.1 Å². The zero-order chi connectivity index (χ0) is 15.1. The normalized spacial score (nSPS) is 18.8. The number of ketones is 1. The van der Waals surface area contributed by atoms with Gasteiger partial charge in [-0.15, -0.1) is 0 Å². The number of fused-ring (bicyclic) bond motifs is 13. The number of aromatic hydroxyl groups is 1. The van der Waals surface area contributed by atoms with E-state index in [4.69, 9.17) is 4.42 Å². The van der Waals surface area contributed by atoms with Crippen molar-refractivity contribution in [1.82, 2.24) is 0 Å². The van der Waals surface area contributed by atoms with Crippen molar-refractivity contribution in [2.45, 2.75) is 70.6 Å². The van der Waals surface area contributed by atoms with Gasteiger partial charge in [0.05, 0.1) is 0 Å². The molecule has 1 aliphatic heterocycles. The molecule has 1 N–H and O–H groups in total. The summed E-state index contributed by atoms with van der Waals surface area (Å²) < 4.78 is 5.17. The van der Waals surface area contributed by atoms with Crippen molar-refractivity contribution in [1.29, 1.82) is 0 Å². The molecule has 2 aliphatic rings. The second-order valence-corrected chi connectivity index (χ2v) is 5.87. The monoisotopic (exact) mass is 292 g/mol. The smallest absolute Gasteiger partial charge is 0.350 e. The van der Waals surface area contributed by atoms with Crippen LogP contribution < -0.4 is 5.63 Å². The van der Waals surface area contributed by atoms with Crippen molar-refractivity contribution in [3.8, 4) is 5.75 Å². The minimum Gasteiger partial charge on any atom is -0.507 e. The zero-order valence-corrected chi connectivity index (χ0v) is 12.5. The van der Waals surface area contributed by atoms with Gasteiger partial charge in [0.2, 0.25) is 0 Å². The van der Waals surface area contributed by atoms with Gasteiger partial charge in [-0.1, -0.05) is 44.9 Å². The molecule has 2 heterocycles. The average molecular weight is 292 g/mol. The fourth-order valence-electron chi connectivity index (χ4n) is 2.86. The molecule has 116 valence electrons. The minimum absolute atomic E-state index is 0.175. The Kier molecular flexibility index (Phi) is 6.03. The Morgan fingerprint density at radius 3 is 1.90 bits per heavy atom. The maximum atomic E-state index is 12.0. The SMILES string of the molecule is O=C1CCCCCCCCCCCc2cc(O)c1c(=O)o2. The Labute approximate surface area is 125 Å². The molecule has 4 heteroatoms. The third-order valence-electron chi connectivity index (χ3n) is 4.09. The largest absolute Gasteiger partial charge is 0.507 e. The molecule has 1 aromatic heterocycles. The van der Waals surface area contributed by atoms with Gasteiger partial charge in [0, 0.05) is 18.9 Å². The van der Waals surface area contributed by atoms with Crippen LogP contribution in [0.25, 0.3) is 0 Å². The zero-order valence-electron chi connectivity index (χ0n) is 12.5. The van der Waals surface area contributed by atoms with E-state index < -0.39 is 5.63 Å². The fourth-order valence-corrected chi connectivity index (χ4v) is 2.86. The van der Waals surface area contributed by atoms with Gasteiger partial charge < -0.3 is 9.52 Å². The molecule has 0 amide bonds. The van der Waals surface area contributed by atoms with E-state index >= 15 is 0 Å². The third-order valence-corrected chi connectivity index (χ3v) is 4.09. The number of carbonyl (C=O) groups excluding carboxylic acids is 1. The summed E-state index contributed by atoms with van der Waals surface area (Å²) in [4.78, 5) is 23.9. The van der Waals surface area contributed by atoms with E-state index in [9.17, 15) is 14.7 Å². The van der Waals surface area contributed by atoms with Crippen LogP contribution in [0.1, 0.15) is 80.3 Å². The Bertz CT molecular complexity index is 530.